The average Bonchev–Trinajstić information content (AvgIpc) is 2.92. The van der Waals surface area contributed by atoms with Gasteiger partial charge < -0.3 is 10.6 Å². The molecule has 22 heavy (non-hydrogen) atoms. The zero-order valence-electron chi connectivity index (χ0n) is 12.8. The van der Waals surface area contributed by atoms with Crippen LogP contribution in [0.2, 0.25) is 0 Å². The number of aryl methyl sites for hydroxylation is 1. The van der Waals surface area contributed by atoms with Crippen molar-refractivity contribution in [2.75, 3.05) is 11.9 Å². The molecule has 1 aliphatic carbocycles. The Hall–Kier alpha value is -1.46. The van der Waals surface area contributed by atoms with Crippen LogP contribution in [0, 0.1) is 6.92 Å². The van der Waals surface area contributed by atoms with Gasteiger partial charge in [0.2, 0.25) is 0 Å². The number of fused-ring (bicyclic) bond motifs is 1. The van der Waals surface area contributed by atoms with Crippen molar-refractivity contribution < 1.29 is 0 Å². The van der Waals surface area contributed by atoms with E-state index in [4.69, 9.17) is 12.2 Å². The molecule has 0 atom stereocenters. The quantitative estimate of drug-likeness (QED) is 0.624. The molecule has 0 fully saturated rings. The molecule has 0 spiro atoms. The number of thiocarbonyl (C=S) groups is 1. The molecule has 3 nitrogen and oxygen atoms in total. The first-order chi connectivity index (χ1) is 10.7. The van der Waals surface area contributed by atoms with Crippen LogP contribution in [-0.2, 0) is 0 Å². The minimum atomic E-state index is 0.660. The van der Waals surface area contributed by atoms with Crippen molar-refractivity contribution in [1.82, 2.24) is 10.3 Å². The number of allylic oxidation sites excluding steroid dienone is 1. The van der Waals surface area contributed by atoms with Crippen molar-refractivity contribution in [3.63, 3.8) is 0 Å². The summed E-state index contributed by atoms with van der Waals surface area (Å²) in [5, 5.41) is 8.01. The highest BCUT2D eigenvalue weighted by Crippen LogP contribution is 2.28. The van der Waals surface area contributed by atoms with E-state index in [1.165, 1.54) is 35.9 Å². The first-order valence-electron chi connectivity index (χ1n) is 7.81. The smallest absolute Gasteiger partial charge is 0.190 e. The Balaban J connectivity index is 1.52. The van der Waals surface area contributed by atoms with E-state index in [0.717, 1.165) is 23.6 Å². The first kappa shape index (κ1) is 15.4. The zero-order chi connectivity index (χ0) is 15.4. The van der Waals surface area contributed by atoms with Crippen LogP contribution in [0.3, 0.4) is 0 Å². The molecule has 1 aromatic carbocycles. The van der Waals surface area contributed by atoms with E-state index in [1.807, 2.05) is 12.1 Å². The van der Waals surface area contributed by atoms with Gasteiger partial charge in [-0.15, -0.1) is 0 Å². The summed E-state index contributed by atoms with van der Waals surface area (Å²) in [6.07, 6.45) is 8.63. The van der Waals surface area contributed by atoms with Crippen molar-refractivity contribution in [2.45, 2.75) is 39.0 Å². The minimum absolute atomic E-state index is 0.660. The lowest BCUT2D eigenvalue weighted by Gasteiger charge is -2.13. The summed E-state index contributed by atoms with van der Waals surface area (Å²) in [7, 11) is 0. The van der Waals surface area contributed by atoms with Gasteiger partial charge in [-0.2, -0.15) is 0 Å². The van der Waals surface area contributed by atoms with Gasteiger partial charge in [0.15, 0.2) is 10.2 Å². The third-order valence-electron chi connectivity index (χ3n) is 3.95. The Kier molecular flexibility index (Phi) is 5.05. The van der Waals surface area contributed by atoms with Crippen molar-refractivity contribution >= 4 is 44.0 Å². The molecule has 0 saturated carbocycles. The van der Waals surface area contributed by atoms with Crippen LogP contribution >= 0.6 is 23.6 Å². The van der Waals surface area contributed by atoms with E-state index in [9.17, 15) is 0 Å². The van der Waals surface area contributed by atoms with Gasteiger partial charge in [-0.1, -0.05) is 35.1 Å². The van der Waals surface area contributed by atoms with Gasteiger partial charge in [-0.25, -0.2) is 4.98 Å². The van der Waals surface area contributed by atoms with Crippen LogP contribution in [0.15, 0.2) is 29.8 Å². The molecule has 3 rings (SSSR count). The minimum Gasteiger partial charge on any atom is -0.362 e. The number of aromatic nitrogens is 1. The maximum atomic E-state index is 5.37. The number of hydrogen-bond acceptors (Lipinski definition) is 3. The molecule has 1 heterocycles. The van der Waals surface area contributed by atoms with E-state index in [1.54, 1.807) is 16.9 Å². The highest BCUT2D eigenvalue weighted by molar-refractivity contribution is 7.80. The van der Waals surface area contributed by atoms with Gasteiger partial charge in [0.05, 0.1) is 10.2 Å². The summed E-state index contributed by atoms with van der Waals surface area (Å²) in [6.45, 7) is 3.00. The molecule has 2 aromatic rings. The molecular formula is C17H21N3S2. The lowest BCUT2D eigenvalue weighted by Crippen LogP contribution is -2.29. The van der Waals surface area contributed by atoms with Crippen LogP contribution in [0.4, 0.5) is 5.13 Å². The second-order valence-corrected chi connectivity index (χ2v) is 7.09. The fourth-order valence-electron chi connectivity index (χ4n) is 2.75. The fraction of sp³-hybridized carbons (Fsp3) is 0.412. The molecule has 1 aliphatic rings. The Bertz CT molecular complexity index is 703. The third kappa shape index (κ3) is 3.84. The standard InChI is InChI=1S/C17H21N3S2/c1-12-6-5-9-14-15(12)22-17(19-14)20-16(21)18-11-10-13-7-3-2-4-8-13/h5-7,9H,2-4,8,10-11H2,1H3,(H2,18,19,20,21). The summed E-state index contributed by atoms with van der Waals surface area (Å²) in [6, 6.07) is 6.18. The van der Waals surface area contributed by atoms with Crippen LogP contribution in [0.1, 0.15) is 37.7 Å². The SMILES string of the molecule is Cc1cccc2nc(NC(=S)NCCC3=CCCCC3)sc12. The molecule has 116 valence electrons. The second-order valence-electron chi connectivity index (χ2n) is 5.68. The number of rotatable bonds is 4. The topological polar surface area (TPSA) is 37.0 Å². The van der Waals surface area contributed by atoms with Crippen LogP contribution in [0.25, 0.3) is 10.2 Å². The molecule has 0 amide bonds. The molecule has 2 N–H and O–H groups in total. The third-order valence-corrected chi connectivity index (χ3v) is 5.32. The van der Waals surface area contributed by atoms with E-state index >= 15 is 0 Å². The lowest BCUT2D eigenvalue weighted by atomic mass is 9.97. The average molecular weight is 332 g/mol. The number of nitrogens with one attached hydrogen (secondary N) is 2. The lowest BCUT2D eigenvalue weighted by molar-refractivity contribution is 0.669. The number of benzene rings is 1. The van der Waals surface area contributed by atoms with Crippen molar-refractivity contribution in [2.24, 2.45) is 0 Å². The van der Waals surface area contributed by atoms with E-state index in [-0.39, 0.29) is 0 Å². The highest BCUT2D eigenvalue weighted by Gasteiger charge is 2.07. The monoisotopic (exact) mass is 331 g/mol. The normalized spacial score (nSPS) is 14.7. The number of nitrogens with zero attached hydrogens (tertiary/aromatic N) is 1. The molecule has 5 heteroatoms. The predicted octanol–water partition coefficient (Wildman–Crippen LogP) is 4.78. The molecule has 0 bridgehead atoms. The fourth-order valence-corrected chi connectivity index (χ4v) is 3.95. The summed E-state index contributed by atoms with van der Waals surface area (Å²) in [5.41, 5.74) is 3.85. The van der Waals surface area contributed by atoms with E-state index < -0.39 is 0 Å². The van der Waals surface area contributed by atoms with Gasteiger partial charge >= 0.3 is 0 Å². The first-order valence-corrected chi connectivity index (χ1v) is 9.04. The maximum absolute atomic E-state index is 5.37. The summed E-state index contributed by atoms with van der Waals surface area (Å²) in [4.78, 5) is 4.58. The second kappa shape index (κ2) is 7.20. The predicted molar refractivity (Wildman–Crippen MR) is 99.7 cm³/mol. The molecule has 0 saturated heterocycles. The Labute approximate surface area is 140 Å². The Morgan fingerprint density at radius 2 is 2.27 bits per heavy atom. The number of hydrogen-bond donors (Lipinski definition) is 2. The maximum Gasteiger partial charge on any atom is 0.190 e. The Morgan fingerprint density at radius 3 is 3.05 bits per heavy atom. The summed E-state index contributed by atoms with van der Waals surface area (Å²) >= 11 is 7.02. The molecule has 0 aliphatic heterocycles. The van der Waals surface area contributed by atoms with Crippen molar-refractivity contribution in [3.05, 3.63) is 35.4 Å². The molecular weight excluding hydrogens is 310 g/mol. The zero-order valence-corrected chi connectivity index (χ0v) is 14.4. The molecule has 1 aromatic heterocycles. The summed E-state index contributed by atoms with van der Waals surface area (Å²) in [5.74, 6) is 0. The largest absolute Gasteiger partial charge is 0.362 e. The summed E-state index contributed by atoms with van der Waals surface area (Å²) < 4.78 is 1.22. The number of anilines is 1. The van der Waals surface area contributed by atoms with Gasteiger partial charge in [0, 0.05) is 6.54 Å². The van der Waals surface area contributed by atoms with Crippen LogP contribution in [0.5, 0.6) is 0 Å². The van der Waals surface area contributed by atoms with E-state index in [0.29, 0.717) is 5.11 Å². The van der Waals surface area contributed by atoms with Gasteiger partial charge in [-0.3, -0.25) is 0 Å². The molecule has 0 unspecified atom stereocenters. The van der Waals surface area contributed by atoms with Gasteiger partial charge in [0.1, 0.15) is 0 Å². The van der Waals surface area contributed by atoms with Crippen LogP contribution < -0.4 is 10.6 Å². The number of thiazole rings is 1. The molecule has 0 radical (unpaired) electrons. The van der Waals surface area contributed by atoms with E-state index in [2.05, 4.69) is 34.7 Å². The van der Waals surface area contributed by atoms with Gasteiger partial charge in [0.25, 0.3) is 0 Å². The highest BCUT2D eigenvalue weighted by atomic mass is 32.1. The Morgan fingerprint density at radius 1 is 1.36 bits per heavy atom. The van der Waals surface area contributed by atoms with Crippen molar-refractivity contribution in [1.29, 1.82) is 0 Å². The van der Waals surface area contributed by atoms with Crippen LogP contribution in [-0.4, -0.2) is 16.6 Å². The van der Waals surface area contributed by atoms with Gasteiger partial charge in [-0.05, 0) is 62.9 Å². The van der Waals surface area contributed by atoms with Crippen molar-refractivity contribution in [3.8, 4) is 0 Å².